The minimum atomic E-state index is 0.0658. The molecule has 2 aromatic carbocycles. The van der Waals surface area contributed by atoms with Crippen LogP contribution in [0.2, 0.25) is 0 Å². The van der Waals surface area contributed by atoms with Crippen LogP contribution in [0, 0.1) is 6.92 Å². The molecule has 0 saturated carbocycles. The van der Waals surface area contributed by atoms with Crippen molar-refractivity contribution >= 4 is 5.78 Å². The van der Waals surface area contributed by atoms with E-state index in [2.05, 4.69) is 4.98 Å². The molecule has 1 aliphatic heterocycles. The molecular formula is C21H17NO3. The first-order chi connectivity index (χ1) is 12.2. The van der Waals surface area contributed by atoms with Gasteiger partial charge in [-0.15, -0.1) is 0 Å². The summed E-state index contributed by atoms with van der Waals surface area (Å²) in [5.74, 6) is 1.43. The van der Waals surface area contributed by atoms with E-state index in [0.29, 0.717) is 17.1 Å². The number of benzene rings is 2. The van der Waals surface area contributed by atoms with E-state index in [9.17, 15) is 4.79 Å². The second-order valence-electron chi connectivity index (χ2n) is 6.04. The summed E-state index contributed by atoms with van der Waals surface area (Å²) in [4.78, 5) is 17.1. The van der Waals surface area contributed by atoms with Gasteiger partial charge in [0.1, 0.15) is 0 Å². The summed E-state index contributed by atoms with van der Waals surface area (Å²) in [6.45, 7) is 2.21. The zero-order chi connectivity index (χ0) is 17.2. The van der Waals surface area contributed by atoms with Crippen molar-refractivity contribution in [3.8, 4) is 22.8 Å². The van der Waals surface area contributed by atoms with E-state index in [1.54, 1.807) is 6.20 Å². The largest absolute Gasteiger partial charge is 0.454 e. The summed E-state index contributed by atoms with van der Waals surface area (Å²) in [6.07, 6.45) is 2.02. The van der Waals surface area contributed by atoms with Crippen LogP contribution in [-0.4, -0.2) is 17.6 Å². The van der Waals surface area contributed by atoms with Gasteiger partial charge >= 0.3 is 0 Å². The highest BCUT2D eigenvalue weighted by molar-refractivity contribution is 5.98. The highest BCUT2D eigenvalue weighted by Gasteiger charge is 2.20. The van der Waals surface area contributed by atoms with E-state index < -0.39 is 0 Å². The maximum Gasteiger partial charge on any atom is 0.231 e. The van der Waals surface area contributed by atoms with Gasteiger partial charge in [0.25, 0.3) is 0 Å². The molecular weight excluding hydrogens is 314 g/mol. The number of carbonyl (C=O) groups excluding carboxylic acids is 1. The second-order valence-corrected chi connectivity index (χ2v) is 6.04. The number of rotatable bonds is 4. The number of aryl methyl sites for hydroxylation is 1. The van der Waals surface area contributed by atoms with Crippen LogP contribution in [-0.2, 0) is 6.42 Å². The highest BCUT2D eigenvalue weighted by atomic mass is 16.7. The van der Waals surface area contributed by atoms with E-state index in [1.165, 1.54) is 0 Å². The molecule has 25 heavy (non-hydrogen) atoms. The van der Waals surface area contributed by atoms with E-state index in [4.69, 9.17) is 9.47 Å². The van der Waals surface area contributed by atoms with Crippen LogP contribution in [0.15, 0.2) is 60.8 Å². The van der Waals surface area contributed by atoms with E-state index in [1.807, 2.05) is 61.5 Å². The number of ether oxygens (including phenoxy) is 2. The number of Topliss-reactive ketones (excluding diaryl/α,β-unsaturated/α-hetero) is 1. The van der Waals surface area contributed by atoms with Gasteiger partial charge in [0.15, 0.2) is 17.3 Å². The lowest BCUT2D eigenvalue weighted by atomic mass is 9.96. The second kappa shape index (κ2) is 6.40. The zero-order valence-corrected chi connectivity index (χ0v) is 13.9. The molecule has 1 aliphatic rings. The maximum absolute atomic E-state index is 12.7. The van der Waals surface area contributed by atoms with E-state index in [0.717, 1.165) is 22.4 Å². The number of hydrogen-bond donors (Lipinski definition) is 0. The number of nitrogens with zero attached hydrogens (tertiary/aromatic N) is 1. The molecule has 0 bridgehead atoms. The molecule has 4 nitrogen and oxygen atoms in total. The topological polar surface area (TPSA) is 48.4 Å². The predicted molar refractivity (Wildman–Crippen MR) is 95.0 cm³/mol. The van der Waals surface area contributed by atoms with Crippen LogP contribution in [0.5, 0.6) is 11.5 Å². The molecule has 0 amide bonds. The lowest BCUT2D eigenvalue weighted by Gasteiger charge is -2.11. The van der Waals surface area contributed by atoms with Crippen molar-refractivity contribution in [1.82, 2.24) is 4.98 Å². The average Bonchev–Trinajstić information content (AvgIpc) is 3.09. The molecule has 0 radical (unpaired) electrons. The van der Waals surface area contributed by atoms with Crippen LogP contribution >= 0.6 is 0 Å². The summed E-state index contributed by atoms with van der Waals surface area (Å²) in [6, 6.07) is 17.2. The fraction of sp³-hybridized carbons (Fsp3) is 0.143. The van der Waals surface area contributed by atoms with Crippen LogP contribution < -0.4 is 9.47 Å². The molecule has 0 aliphatic carbocycles. The Bertz CT molecular complexity index is 918. The lowest BCUT2D eigenvalue weighted by molar-refractivity contribution is 0.0993. The van der Waals surface area contributed by atoms with Gasteiger partial charge in [0, 0.05) is 23.7 Å². The molecule has 1 aromatic heterocycles. The molecule has 0 atom stereocenters. The molecule has 0 unspecified atom stereocenters. The zero-order valence-electron chi connectivity index (χ0n) is 13.9. The van der Waals surface area contributed by atoms with Gasteiger partial charge in [-0.05, 0) is 36.8 Å². The van der Waals surface area contributed by atoms with Gasteiger partial charge < -0.3 is 9.47 Å². The third-order valence-electron chi connectivity index (χ3n) is 4.26. The quantitative estimate of drug-likeness (QED) is 0.672. The van der Waals surface area contributed by atoms with Gasteiger partial charge in [-0.2, -0.15) is 0 Å². The predicted octanol–water partition coefficient (Wildman–Crippen LogP) is 4.21. The molecule has 4 heteroatoms. The van der Waals surface area contributed by atoms with Crippen LogP contribution in [0.3, 0.4) is 0 Å². The average molecular weight is 331 g/mol. The third kappa shape index (κ3) is 3.11. The van der Waals surface area contributed by atoms with Crippen molar-refractivity contribution in [3.63, 3.8) is 0 Å². The molecule has 3 aromatic rings. The lowest BCUT2D eigenvalue weighted by Crippen LogP contribution is -2.05. The number of aromatic nitrogens is 1. The van der Waals surface area contributed by atoms with Crippen LogP contribution in [0.25, 0.3) is 11.3 Å². The highest BCUT2D eigenvalue weighted by Crippen LogP contribution is 2.38. The first-order valence-corrected chi connectivity index (χ1v) is 8.14. The van der Waals surface area contributed by atoms with Crippen molar-refractivity contribution in [3.05, 3.63) is 77.5 Å². The number of carbonyl (C=O) groups is 1. The Kier molecular flexibility index (Phi) is 3.94. The number of fused-ring (bicyclic) bond motifs is 1. The summed E-state index contributed by atoms with van der Waals surface area (Å²) in [7, 11) is 0. The third-order valence-corrected chi connectivity index (χ3v) is 4.26. The molecule has 0 fully saturated rings. The first-order valence-electron chi connectivity index (χ1n) is 8.14. The first kappa shape index (κ1) is 15.4. The Labute approximate surface area is 146 Å². The normalized spacial score (nSPS) is 12.2. The number of hydrogen-bond acceptors (Lipinski definition) is 4. The maximum atomic E-state index is 12.7. The van der Waals surface area contributed by atoms with Gasteiger partial charge in [0.05, 0.1) is 5.69 Å². The Balaban J connectivity index is 1.73. The Morgan fingerprint density at radius 2 is 1.80 bits per heavy atom. The summed E-state index contributed by atoms with van der Waals surface area (Å²) in [5.41, 5.74) is 4.43. The van der Waals surface area contributed by atoms with E-state index >= 15 is 0 Å². The fourth-order valence-corrected chi connectivity index (χ4v) is 2.91. The standard InChI is InChI=1S/C21H17NO3/c1-14-5-7-15(8-6-14)19(23)10-16-11-20-21(25-13-24-20)12-17(16)18-4-2-3-9-22-18/h2-9,11-12H,10,13H2,1H3. The Hall–Kier alpha value is -3.14. The number of ketones is 1. The molecule has 0 N–H and O–H groups in total. The minimum Gasteiger partial charge on any atom is -0.454 e. The Morgan fingerprint density at radius 3 is 2.52 bits per heavy atom. The SMILES string of the molecule is Cc1ccc(C(=O)Cc2cc3c(cc2-c2ccccn2)OCO3)cc1. The van der Waals surface area contributed by atoms with Crippen molar-refractivity contribution in [2.75, 3.05) is 6.79 Å². The Morgan fingerprint density at radius 1 is 1.04 bits per heavy atom. The molecule has 124 valence electrons. The fourth-order valence-electron chi connectivity index (χ4n) is 2.91. The minimum absolute atomic E-state index is 0.0658. The molecule has 2 heterocycles. The van der Waals surface area contributed by atoms with Gasteiger partial charge in [-0.25, -0.2) is 0 Å². The monoisotopic (exact) mass is 331 g/mol. The molecule has 0 saturated heterocycles. The van der Waals surface area contributed by atoms with Gasteiger partial charge in [-0.1, -0.05) is 35.9 Å². The van der Waals surface area contributed by atoms with Crippen molar-refractivity contribution in [2.24, 2.45) is 0 Å². The summed E-state index contributed by atoms with van der Waals surface area (Å²) in [5, 5.41) is 0. The van der Waals surface area contributed by atoms with Gasteiger partial charge in [-0.3, -0.25) is 9.78 Å². The van der Waals surface area contributed by atoms with E-state index in [-0.39, 0.29) is 19.0 Å². The van der Waals surface area contributed by atoms with Crippen molar-refractivity contribution in [1.29, 1.82) is 0 Å². The molecule has 4 rings (SSSR count). The summed E-state index contributed by atoms with van der Waals surface area (Å²) < 4.78 is 11.0. The van der Waals surface area contributed by atoms with Gasteiger partial charge in [0.2, 0.25) is 6.79 Å². The smallest absolute Gasteiger partial charge is 0.231 e. The number of pyridine rings is 1. The summed E-state index contributed by atoms with van der Waals surface area (Å²) >= 11 is 0. The van der Waals surface area contributed by atoms with Crippen LogP contribution in [0.4, 0.5) is 0 Å². The van der Waals surface area contributed by atoms with Crippen LogP contribution in [0.1, 0.15) is 21.5 Å². The molecule has 0 spiro atoms. The van der Waals surface area contributed by atoms with Crippen molar-refractivity contribution in [2.45, 2.75) is 13.3 Å². The van der Waals surface area contributed by atoms with Crippen molar-refractivity contribution < 1.29 is 14.3 Å².